The van der Waals surface area contributed by atoms with Gasteiger partial charge in [0.05, 0.1) is 6.54 Å². The van der Waals surface area contributed by atoms with E-state index in [9.17, 15) is 0 Å². The fourth-order valence-electron chi connectivity index (χ4n) is 1.31. The molecule has 0 bridgehead atoms. The summed E-state index contributed by atoms with van der Waals surface area (Å²) in [6, 6.07) is 0. The van der Waals surface area contributed by atoms with E-state index in [1.165, 1.54) is 0 Å². The van der Waals surface area contributed by atoms with Crippen molar-refractivity contribution >= 4 is 0 Å². The van der Waals surface area contributed by atoms with Gasteiger partial charge in [0.15, 0.2) is 0 Å². The molecule has 1 heterocycles. The second-order valence-corrected chi connectivity index (χ2v) is 4.46. The number of rotatable bonds is 6. The normalized spacial score (nSPS) is 12.0. The maximum Gasteiger partial charge on any atom is 0.230 e. The van der Waals surface area contributed by atoms with Gasteiger partial charge in [-0.05, 0) is 11.8 Å². The summed E-state index contributed by atoms with van der Waals surface area (Å²) in [5.41, 5.74) is 0.0871. The molecular weight excluding hydrogens is 194 g/mol. The summed E-state index contributed by atoms with van der Waals surface area (Å²) in [5, 5.41) is 19.7. The van der Waals surface area contributed by atoms with Crippen LogP contribution < -0.4 is 5.32 Å². The van der Waals surface area contributed by atoms with Crippen LogP contribution >= 0.6 is 0 Å². The molecule has 0 fully saturated rings. The number of hydrogen-bond donors (Lipinski definition) is 2. The topological polar surface area (TPSA) is 71.2 Å². The van der Waals surface area contributed by atoms with Gasteiger partial charge in [-0.15, -0.1) is 10.2 Å². The van der Waals surface area contributed by atoms with E-state index in [2.05, 4.69) is 29.4 Å². The lowest BCUT2D eigenvalue weighted by Gasteiger charge is -2.23. The quantitative estimate of drug-likeness (QED) is 0.734. The van der Waals surface area contributed by atoms with Crippen molar-refractivity contribution in [2.24, 2.45) is 5.41 Å². The average molecular weight is 213 g/mol. The second-order valence-electron chi connectivity index (χ2n) is 4.46. The van der Waals surface area contributed by atoms with Crippen molar-refractivity contribution in [3.63, 3.8) is 0 Å². The minimum Gasteiger partial charge on any atom is -0.424 e. The molecule has 0 aliphatic carbocycles. The van der Waals surface area contributed by atoms with Crippen LogP contribution in [-0.2, 0) is 6.54 Å². The Morgan fingerprint density at radius 1 is 1.40 bits per heavy atom. The molecule has 1 aromatic heterocycles. The predicted octanol–water partition coefficient (Wildman–Crippen LogP) is 0.876. The first-order valence-corrected chi connectivity index (χ1v) is 5.14. The molecule has 0 atom stereocenters. The maximum atomic E-state index is 8.85. The standard InChI is InChI=1S/C10H19N3O2/c1-8-12-13-9(15-8)6-11-7-10(2,3)4-5-14/h11,14H,4-7H2,1-3H3. The first-order chi connectivity index (χ1) is 7.03. The summed E-state index contributed by atoms with van der Waals surface area (Å²) in [5.74, 6) is 1.19. The Bertz CT molecular complexity index is 297. The van der Waals surface area contributed by atoms with Crippen LogP contribution in [0, 0.1) is 12.3 Å². The molecule has 86 valence electrons. The van der Waals surface area contributed by atoms with Gasteiger partial charge in [-0.25, -0.2) is 0 Å². The van der Waals surface area contributed by atoms with Crippen LogP contribution in [0.2, 0.25) is 0 Å². The van der Waals surface area contributed by atoms with Crippen molar-refractivity contribution in [2.45, 2.75) is 33.7 Å². The lowest BCUT2D eigenvalue weighted by Crippen LogP contribution is -2.30. The van der Waals surface area contributed by atoms with E-state index >= 15 is 0 Å². The lowest BCUT2D eigenvalue weighted by molar-refractivity contribution is 0.205. The minimum atomic E-state index is 0.0871. The molecule has 0 radical (unpaired) electrons. The Hall–Kier alpha value is -0.940. The number of aryl methyl sites for hydroxylation is 1. The fourth-order valence-corrected chi connectivity index (χ4v) is 1.31. The Morgan fingerprint density at radius 3 is 2.67 bits per heavy atom. The average Bonchev–Trinajstić information content (AvgIpc) is 2.51. The molecule has 0 spiro atoms. The van der Waals surface area contributed by atoms with Crippen molar-refractivity contribution in [1.82, 2.24) is 15.5 Å². The Balaban J connectivity index is 2.27. The molecule has 0 aliphatic rings. The Labute approximate surface area is 89.9 Å². The highest BCUT2D eigenvalue weighted by atomic mass is 16.4. The van der Waals surface area contributed by atoms with Crippen molar-refractivity contribution < 1.29 is 9.52 Å². The van der Waals surface area contributed by atoms with Crippen molar-refractivity contribution in [3.05, 3.63) is 11.8 Å². The van der Waals surface area contributed by atoms with E-state index < -0.39 is 0 Å². The summed E-state index contributed by atoms with van der Waals surface area (Å²) in [6.45, 7) is 7.59. The zero-order valence-electron chi connectivity index (χ0n) is 9.58. The maximum absolute atomic E-state index is 8.85. The van der Waals surface area contributed by atoms with Crippen LogP contribution in [0.1, 0.15) is 32.0 Å². The summed E-state index contributed by atoms with van der Waals surface area (Å²) >= 11 is 0. The molecule has 1 rings (SSSR count). The zero-order chi connectivity index (χ0) is 11.3. The van der Waals surface area contributed by atoms with Crippen LogP contribution in [-0.4, -0.2) is 28.5 Å². The highest BCUT2D eigenvalue weighted by Gasteiger charge is 2.16. The van der Waals surface area contributed by atoms with Gasteiger partial charge in [0.2, 0.25) is 11.8 Å². The molecule has 1 aromatic rings. The molecule has 0 aromatic carbocycles. The molecule has 0 aliphatic heterocycles. The van der Waals surface area contributed by atoms with E-state index in [0.717, 1.165) is 13.0 Å². The second kappa shape index (κ2) is 5.23. The summed E-state index contributed by atoms with van der Waals surface area (Å²) in [7, 11) is 0. The molecule has 0 saturated heterocycles. The zero-order valence-corrected chi connectivity index (χ0v) is 9.58. The monoisotopic (exact) mass is 213 g/mol. The molecule has 5 heteroatoms. The molecular formula is C10H19N3O2. The number of aromatic nitrogens is 2. The van der Waals surface area contributed by atoms with Gasteiger partial charge in [0, 0.05) is 20.1 Å². The SMILES string of the molecule is Cc1nnc(CNCC(C)(C)CCO)o1. The van der Waals surface area contributed by atoms with E-state index in [-0.39, 0.29) is 12.0 Å². The van der Waals surface area contributed by atoms with E-state index in [4.69, 9.17) is 9.52 Å². The highest BCUT2D eigenvalue weighted by Crippen LogP contribution is 2.18. The molecule has 15 heavy (non-hydrogen) atoms. The third-order valence-electron chi connectivity index (χ3n) is 2.24. The minimum absolute atomic E-state index is 0.0871. The Kier molecular flexibility index (Phi) is 4.23. The molecule has 0 unspecified atom stereocenters. The molecule has 0 amide bonds. The van der Waals surface area contributed by atoms with Gasteiger partial charge < -0.3 is 14.8 Å². The van der Waals surface area contributed by atoms with E-state index in [1.54, 1.807) is 6.92 Å². The largest absolute Gasteiger partial charge is 0.424 e. The van der Waals surface area contributed by atoms with Gasteiger partial charge in [-0.1, -0.05) is 13.8 Å². The van der Waals surface area contributed by atoms with Gasteiger partial charge >= 0.3 is 0 Å². The van der Waals surface area contributed by atoms with E-state index in [0.29, 0.717) is 18.3 Å². The molecule has 2 N–H and O–H groups in total. The van der Waals surface area contributed by atoms with Crippen LogP contribution in [0.3, 0.4) is 0 Å². The smallest absolute Gasteiger partial charge is 0.230 e. The number of aliphatic hydroxyl groups excluding tert-OH is 1. The number of aliphatic hydroxyl groups is 1. The van der Waals surface area contributed by atoms with E-state index in [1.807, 2.05) is 0 Å². The number of nitrogens with zero attached hydrogens (tertiary/aromatic N) is 2. The van der Waals surface area contributed by atoms with Gasteiger partial charge in [-0.2, -0.15) is 0 Å². The van der Waals surface area contributed by atoms with Crippen LogP contribution in [0.25, 0.3) is 0 Å². The molecule has 5 nitrogen and oxygen atoms in total. The third kappa shape index (κ3) is 4.40. The van der Waals surface area contributed by atoms with Gasteiger partial charge in [-0.3, -0.25) is 0 Å². The predicted molar refractivity (Wildman–Crippen MR) is 56.2 cm³/mol. The summed E-state index contributed by atoms with van der Waals surface area (Å²) in [6.07, 6.45) is 0.781. The van der Waals surface area contributed by atoms with Crippen molar-refractivity contribution in [3.8, 4) is 0 Å². The van der Waals surface area contributed by atoms with Crippen molar-refractivity contribution in [2.75, 3.05) is 13.2 Å². The number of nitrogens with one attached hydrogen (secondary N) is 1. The van der Waals surface area contributed by atoms with Crippen LogP contribution in [0.5, 0.6) is 0 Å². The van der Waals surface area contributed by atoms with Gasteiger partial charge in [0.25, 0.3) is 0 Å². The number of hydrogen-bond acceptors (Lipinski definition) is 5. The first kappa shape index (κ1) is 12.1. The van der Waals surface area contributed by atoms with Crippen LogP contribution in [0.15, 0.2) is 4.42 Å². The first-order valence-electron chi connectivity index (χ1n) is 5.14. The molecule has 0 saturated carbocycles. The fraction of sp³-hybridized carbons (Fsp3) is 0.800. The summed E-state index contributed by atoms with van der Waals surface area (Å²) in [4.78, 5) is 0. The van der Waals surface area contributed by atoms with Gasteiger partial charge in [0.1, 0.15) is 0 Å². The lowest BCUT2D eigenvalue weighted by atomic mass is 9.90. The Morgan fingerprint density at radius 2 is 2.13 bits per heavy atom. The van der Waals surface area contributed by atoms with Crippen molar-refractivity contribution in [1.29, 1.82) is 0 Å². The van der Waals surface area contributed by atoms with Crippen LogP contribution in [0.4, 0.5) is 0 Å². The summed E-state index contributed by atoms with van der Waals surface area (Å²) < 4.78 is 5.22. The third-order valence-corrected chi connectivity index (χ3v) is 2.24. The highest BCUT2D eigenvalue weighted by molar-refractivity contribution is 4.79.